The zero-order chi connectivity index (χ0) is 15.8. The van der Waals surface area contributed by atoms with E-state index in [2.05, 4.69) is 5.10 Å². The summed E-state index contributed by atoms with van der Waals surface area (Å²) in [6, 6.07) is 17.0. The molecule has 2 aromatic carbocycles. The number of nitrogens with one attached hydrogen (secondary N) is 1. The van der Waals surface area contributed by atoms with E-state index in [4.69, 9.17) is 10.5 Å². The van der Waals surface area contributed by atoms with E-state index in [0.29, 0.717) is 6.61 Å². The minimum absolute atomic E-state index is 0.489. The summed E-state index contributed by atoms with van der Waals surface area (Å²) < 4.78 is 5.65. The first-order chi connectivity index (χ1) is 10.6. The molecular formula is C16H15N3O3. The maximum Gasteiger partial charge on any atom is 0.329 e. The summed E-state index contributed by atoms with van der Waals surface area (Å²) in [4.78, 5) is 21.4. The molecule has 0 aliphatic rings. The molecule has 2 amide bonds. The lowest BCUT2D eigenvalue weighted by Crippen LogP contribution is -2.32. The lowest BCUT2D eigenvalue weighted by Gasteiger charge is -2.06. The van der Waals surface area contributed by atoms with Crippen molar-refractivity contribution in [3.8, 4) is 5.75 Å². The minimum Gasteiger partial charge on any atom is -0.489 e. The second-order valence-electron chi connectivity index (χ2n) is 4.41. The summed E-state index contributed by atoms with van der Waals surface area (Å²) >= 11 is 0. The number of nitrogens with zero attached hydrogens (tertiary/aromatic N) is 1. The van der Waals surface area contributed by atoms with E-state index in [1.54, 1.807) is 24.3 Å². The van der Waals surface area contributed by atoms with E-state index in [-0.39, 0.29) is 0 Å². The van der Waals surface area contributed by atoms with Gasteiger partial charge >= 0.3 is 11.8 Å². The normalized spacial score (nSPS) is 10.4. The molecular weight excluding hydrogens is 282 g/mol. The van der Waals surface area contributed by atoms with Crippen molar-refractivity contribution in [3.05, 3.63) is 65.7 Å². The van der Waals surface area contributed by atoms with Crippen LogP contribution < -0.4 is 15.9 Å². The molecule has 3 N–H and O–H groups in total. The molecule has 0 aromatic heterocycles. The number of benzene rings is 2. The van der Waals surface area contributed by atoms with Crippen LogP contribution in [0.3, 0.4) is 0 Å². The molecule has 2 aromatic rings. The predicted molar refractivity (Wildman–Crippen MR) is 82.1 cm³/mol. The highest BCUT2D eigenvalue weighted by molar-refractivity contribution is 6.34. The van der Waals surface area contributed by atoms with Crippen LogP contribution in [0, 0.1) is 0 Å². The summed E-state index contributed by atoms with van der Waals surface area (Å²) in [5.41, 5.74) is 8.62. The van der Waals surface area contributed by atoms with Gasteiger partial charge in [0.05, 0.1) is 6.21 Å². The first-order valence-electron chi connectivity index (χ1n) is 6.55. The van der Waals surface area contributed by atoms with Gasteiger partial charge in [0.25, 0.3) is 0 Å². The fraction of sp³-hybridized carbons (Fsp3) is 0.0625. The number of primary amides is 1. The van der Waals surface area contributed by atoms with Crippen molar-refractivity contribution in [1.82, 2.24) is 5.43 Å². The summed E-state index contributed by atoms with van der Waals surface area (Å²) in [5.74, 6) is -1.32. The molecule has 0 fully saturated rings. The number of carbonyl (C=O) groups excluding carboxylic acids is 2. The Labute approximate surface area is 127 Å². The third-order valence-corrected chi connectivity index (χ3v) is 2.73. The van der Waals surface area contributed by atoms with E-state index in [1.165, 1.54) is 6.21 Å². The van der Waals surface area contributed by atoms with Crippen LogP contribution in [0.4, 0.5) is 0 Å². The number of ether oxygens (including phenoxy) is 1. The number of nitrogens with two attached hydrogens (primary N) is 1. The van der Waals surface area contributed by atoms with E-state index in [9.17, 15) is 9.59 Å². The Morgan fingerprint density at radius 1 is 1.09 bits per heavy atom. The van der Waals surface area contributed by atoms with Crippen LogP contribution in [0.25, 0.3) is 0 Å². The molecule has 0 saturated heterocycles. The van der Waals surface area contributed by atoms with Gasteiger partial charge in [-0.2, -0.15) is 5.10 Å². The molecule has 6 heteroatoms. The van der Waals surface area contributed by atoms with Gasteiger partial charge in [0, 0.05) is 0 Å². The molecule has 0 heterocycles. The molecule has 112 valence electrons. The lowest BCUT2D eigenvalue weighted by molar-refractivity contribution is -0.137. The van der Waals surface area contributed by atoms with Gasteiger partial charge in [-0.05, 0) is 35.4 Å². The maximum absolute atomic E-state index is 10.9. The molecule has 2 rings (SSSR count). The number of hydrogen-bond donors (Lipinski definition) is 2. The SMILES string of the molecule is NC(=O)C(=O)N/N=C\c1ccc(OCc2ccccc2)cc1. The average molecular weight is 297 g/mol. The maximum atomic E-state index is 10.9. The van der Waals surface area contributed by atoms with Crippen molar-refractivity contribution in [2.75, 3.05) is 0 Å². The van der Waals surface area contributed by atoms with Crippen molar-refractivity contribution in [3.63, 3.8) is 0 Å². The summed E-state index contributed by atoms with van der Waals surface area (Å²) in [7, 11) is 0. The highest BCUT2D eigenvalue weighted by atomic mass is 16.5. The first-order valence-corrected chi connectivity index (χ1v) is 6.55. The average Bonchev–Trinajstić information content (AvgIpc) is 2.55. The Morgan fingerprint density at radius 2 is 1.77 bits per heavy atom. The molecule has 0 unspecified atom stereocenters. The summed E-state index contributed by atoms with van der Waals surface area (Å²) in [6.45, 7) is 0.489. The Bertz CT molecular complexity index is 667. The Morgan fingerprint density at radius 3 is 2.41 bits per heavy atom. The van der Waals surface area contributed by atoms with E-state index in [1.807, 2.05) is 35.8 Å². The van der Waals surface area contributed by atoms with Gasteiger partial charge in [-0.25, -0.2) is 5.43 Å². The molecule has 0 aliphatic heterocycles. The Hall–Kier alpha value is -3.15. The molecule has 6 nitrogen and oxygen atoms in total. The third-order valence-electron chi connectivity index (χ3n) is 2.73. The topological polar surface area (TPSA) is 93.8 Å². The highest BCUT2D eigenvalue weighted by Gasteiger charge is 2.05. The van der Waals surface area contributed by atoms with Crippen molar-refractivity contribution in [2.45, 2.75) is 6.61 Å². The van der Waals surface area contributed by atoms with Crippen LogP contribution in [0.15, 0.2) is 59.7 Å². The van der Waals surface area contributed by atoms with Gasteiger partial charge in [-0.1, -0.05) is 30.3 Å². The first kappa shape index (κ1) is 15.2. The standard InChI is InChI=1S/C16H15N3O3/c17-15(20)16(21)19-18-10-12-6-8-14(9-7-12)22-11-13-4-2-1-3-5-13/h1-10H,11H2,(H2,17,20)(H,19,21)/b18-10-. The van der Waals surface area contributed by atoms with Crippen molar-refractivity contribution in [2.24, 2.45) is 10.8 Å². The van der Waals surface area contributed by atoms with Gasteiger partial charge in [-0.15, -0.1) is 0 Å². The number of carbonyl (C=O) groups is 2. The fourth-order valence-electron chi connectivity index (χ4n) is 1.61. The summed E-state index contributed by atoms with van der Waals surface area (Å²) in [5, 5.41) is 3.62. The lowest BCUT2D eigenvalue weighted by atomic mass is 10.2. The Kier molecular flexibility index (Phi) is 5.25. The number of hydrogen-bond acceptors (Lipinski definition) is 4. The van der Waals surface area contributed by atoms with Gasteiger partial charge in [-0.3, -0.25) is 9.59 Å². The molecule has 0 bridgehead atoms. The smallest absolute Gasteiger partial charge is 0.329 e. The van der Waals surface area contributed by atoms with Crippen LogP contribution in [0.1, 0.15) is 11.1 Å². The third kappa shape index (κ3) is 4.75. The quantitative estimate of drug-likeness (QED) is 0.493. The predicted octanol–water partition coefficient (Wildman–Crippen LogP) is 1.20. The molecule has 0 spiro atoms. The van der Waals surface area contributed by atoms with Crippen LogP contribution in [-0.2, 0) is 16.2 Å². The zero-order valence-electron chi connectivity index (χ0n) is 11.7. The van der Waals surface area contributed by atoms with Crippen LogP contribution in [-0.4, -0.2) is 18.0 Å². The van der Waals surface area contributed by atoms with Gasteiger partial charge in [0.1, 0.15) is 12.4 Å². The minimum atomic E-state index is -1.08. The van der Waals surface area contributed by atoms with Crippen molar-refractivity contribution in [1.29, 1.82) is 0 Å². The van der Waals surface area contributed by atoms with Crippen LogP contribution in [0.5, 0.6) is 5.75 Å². The second kappa shape index (κ2) is 7.58. The summed E-state index contributed by atoms with van der Waals surface area (Å²) in [6.07, 6.45) is 1.40. The number of rotatable bonds is 5. The van der Waals surface area contributed by atoms with Gasteiger partial charge in [0.15, 0.2) is 0 Å². The Balaban J connectivity index is 1.86. The van der Waals surface area contributed by atoms with Gasteiger partial charge < -0.3 is 10.5 Å². The zero-order valence-corrected chi connectivity index (χ0v) is 11.7. The van der Waals surface area contributed by atoms with Crippen LogP contribution in [0.2, 0.25) is 0 Å². The van der Waals surface area contributed by atoms with E-state index >= 15 is 0 Å². The number of amides is 2. The van der Waals surface area contributed by atoms with Crippen molar-refractivity contribution < 1.29 is 14.3 Å². The second-order valence-corrected chi connectivity index (χ2v) is 4.41. The molecule has 0 aliphatic carbocycles. The monoisotopic (exact) mass is 297 g/mol. The molecule has 0 saturated carbocycles. The van der Waals surface area contributed by atoms with Crippen molar-refractivity contribution >= 4 is 18.0 Å². The molecule has 22 heavy (non-hydrogen) atoms. The molecule has 0 radical (unpaired) electrons. The fourth-order valence-corrected chi connectivity index (χ4v) is 1.61. The van der Waals surface area contributed by atoms with Crippen LogP contribution >= 0.6 is 0 Å². The van der Waals surface area contributed by atoms with E-state index < -0.39 is 11.8 Å². The highest BCUT2D eigenvalue weighted by Crippen LogP contribution is 2.13. The largest absolute Gasteiger partial charge is 0.489 e. The van der Waals surface area contributed by atoms with Gasteiger partial charge in [0.2, 0.25) is 0 Å². The number of hydrazone groups is 1. The van der Waals surface area contributed by atoms with E-state index in [0.717, 1.165) is 16.9 Å². The molecule has 0 atom stereocenters.